The molecule has 0 heterocycles. The van der Waals surface area contributed by atoms with Crippen LogP contribution in [0.4, 0.5) is 10.5 Å². The minimum Gasteiger partial charge on any atom is -0.452 e. The van der Waals surface area contributed by atoms with E-state index in [1.807, 2.05) is 0 Å². The normalized spacial score (nSPS) is 30.4. The number of carbonyl (C=O) groups is 3. The fraction of sp³-hybridized carbons (Fsp3) is 0.591. The van der Waals surface area contributed by atoms with Crippen LogP contribution < -0.4 is 16.4 Å². The number of rotatable bonds is 6. The van der Waals surface area contributed by atoms with E-state index in [1.165, 1.54) is 44.6 Å². The number of benzene rings is 1. The number of ether oxygens (including phenoxy) is 1. The molecule has 4 aliphatic carbocycles. The summed E-state index contributed by atoms with van der Waals surface area (Å²) in [6, 6.07) is 5.62. The number of urea groups is 1. The lowest BCUT2D eigenvalue weighted by Gasteiger charge is -2.59. The first kappa shape index (κ1) is 19.7. The van der Waals surface area contributed by atoms with Crippen molar-refractivity contribution in [1.29, 1.82) is 0 Å². The third-order valence-electron chi connectivity index (χ3n) is 7.08. The number of primary amides is 1. The molecule has 4 saturated carbocycles. The largest absolute Gasteiger partial charge is 0.452 e. The van der Waals surface area contributed by atoms with E-state index in [1.54, 1.807) is 18.2 Å². The summed E-state index contributed by atoms with van der Waals surface area (Å²) < 4.78 is 5.17. The molecule has 7 nitrogen and oxygen atoms in total. The third-order valence-corrected chi connectivity index (χ3v) is 7.08. The number of nitrogens with one attached hydrogen (secondary N) is 2. The van der Waals surface area contributed by atoms with Crippen molar-refractivity contribution in [3.8, 4) is 0 Å². The van der Waals surface area contributed by atoms with Crippen LogP contribution in [-0.2, 0) is 9.53 Å². The summed E-state index contributed by atoms with van der Waals surface area (Å²) in [5, 5.41) is 5.50. The maximum Gasteiger partial charge on any atom is 0.338 e. The number of nitrogens with two attached hydrogens (primary N) is 1. The van der Waals surface area contributed by atoms with Crippen molar-refractivity contribution >= 4 is 23.6 Å². The molecule has 4 fully saturated rings. The van der Waals surface area contributed by atoms with Gasteiger partial charge in [-0.05, 0) is 86.8 Å². The zero-order valence-corrected chi connectivity index (χ0v) is 16.8. The second-order valence-electron chi connectivity index (χ2n) is 9.22. The van der Waals surface area contributed by atoms with Crippen molar-refractivity contribution in [2.24, 2.45) is 28.9 Å². The molecule has 4 N–H and O–H groups in total. The fourth-order valence-electron chi connectivity index (χ4n) is 6.22. The van der Waals surface area contributed by atoms with E-state index in [4.69, 9.17) is 10.5 Å². The number of esters is 1. The van der Waals surface area contributed by atoms with E-state index < -0.39 is 12.0 Å². The molecule has 0 unspecified atom stereocenters. The second kappa shape index (κ2) is 7.69. The first-order valence-corrected chi connectivity index (χ1v) is 10.5. The Morgan fingerprint density at radius 3 is 2.34 bits per heavy atom. The van der Waals surface area contributed by atoms with Crippen molar-refractivity contribution < 1.29 is 19.1 Å². The van der Waals surface area contributed by atoms with E-state index >= 15 is 0 Å². The molecule has 156 valence electrons. The van der Waals surface area contributed by atoms with Crippen LogP contribution in [0, 0.1) is 23.2 Å². The van der Waals surface area contributed by atoms with Crippen LogP contribution in [0.5, 0.6) is 0 Å². The van der Waals surface area contributed by atoms with Gasteiger partial charge in [-0.1, -0.05) is 6.07 Å². The number of amides is 3. The van der Waals surface area contributed by atoms with Crippen molar-refractivity contribution in [3.63, 3.8) is 0 Å². The highest BCUT2D eigenvalue weighted by Crippen LogP contribution is 2.61. The average molecular weight is 399 g/mol. The molecule has 0 saturated heterocycles. The topological polar surface area (TPSA) is 111 Å². The van der Waals surface area contributed by atoms with Gasteiger partial charge in [0.05, 0.1) is 5.56 Å². The first-order chi connectivity index (χ1) is 13.8. The van der Waals surface area contributed by atoms with E-state index in [0.29, 0.717) is 5.69 Å². The van der Waals surface area contributed by atoms with Crippen LogP contribution in [0.25, 0.3) is 0 Å². The number of anilines is 1. The lowest BCUT2D eigenvalue weighted by Crippen LogP contribution is -2.56. The molecule has 3 amide bonds. The molecule has 1 aromatic carbocycles. The molecule has 0 radical (unpaired) electrons. The number of carbonyl (C=O) groups excluding carboxylic acids is 3. The van der Waals surface area contributed by atoms with Gasteiger partial charge in [0, 0.05) is 11.7 Å². The fourth-order valence-corrected chi connectivity index (χ4v) is 6.22. The standard InChI is InChI=1S/C22H29N3O4/c1-13(22-9-14-5-15(10-22)7-16(6-14)11-22)24-19(26)12-29-20(27)17-3-2-4-18(8-17)25-21(23)28/h2-4,8,13-16H,5-7,9-12H2,1H3,(H,24,26)(H3,23,25,28)/t13-,14?,15?,16?,22?/m0/s1. The van der Waals surface area contributed by atoms with Gasteiger partial charge >= 0.3 is 12.0 Å². The summed E-state index contributed by atoms with van der Waals surface area (Å²) in [5.41, 5.74) is 5.94. The Labute approximate surface area is 170 Å². The highest BCUT2D eigenvalue weighted by molar-refractivity contribution is 5.94. The smallest absolute Gasteiger partial charge is 0.338 e. The monoisotopic (exact) mass is 399 g/mol. The molecule has 0 spiro atoms. The average Bonchev–Trinajstić information content (AvgIpc) is 2.64. The van der Waals surface area contributed by atoms with Gasteiger partial charge in [0.15, 0.2) is 6.61 Å². The van der Waals surface area contributed by atoms with Crippen LogP contribution in [0.2, 0.25) is 0 Å². The van der Waals surface area contributed by atoms with Gasteiger partial charge in [-0.15, -0.1) is 0 Å². The van der Waals surface area contributed by atoms with Gasteiger partial charge in [-0.3, -0.25) is 4.79 Å². The Kier molecular flexibility index (Phi) is 5.23. The van der Waals surface area contributed by atoms with E-state index in [2.05, 4.69) is 17.6 Å². The Bertz CT molecular complexity index is 787. The van der Waals surface area contributed by atoms with E-state index in [9.17, 15) is 14.4 Å². The van der Waals surface area contributed by atoms with Crippen LogP contribution in [-0.4, -0.2) is 30.6 Å². The summed E-state index contributed by atoms with van der Waals surface area (Å²) in [6.07, 6.45) is 7.71. The summed E-state index contributed by atoms with van der Waals surface area (Å²) >= 11 is 0. The number of hydrogen-bond acceptors (Lipinski definition) is 4. The van der Waals surface area contributed by atoms with Crippen molar-refractivity contribution in [2.45, 2.75) is 51.5 Å². The highest BCUT2D eigenvalue weighted by atomic mass is 16.5. The van der Waals surface area contributed by atoms with Crippen molar-refractivity contribution in [3.05, 3.63) is 29.8 Å². The van der Waals surface area contributed by atoms with E-state index in [0.717, 1.165) is 17.8 Å². The van der Waals surface area contributed by atoms with Gasteiger partial charge in [0.2, 0.25) is 0 Å². The quantitative estimate of drug-likeness (QED) is 0.639. The van der Waals surface area contributed by atoms with Crippen LogP contribution in [0.3, 0.4) is 0 Å². The molecular formula is C22H29N3O4. The minimum atomic E-state index is -0.714. The maximum atomic E-state index is 12.4. The molecule has 4 bridgehead atoms. The second-order valence-corrected chi connectivity index (χ2v) is 9.22. The summed E-state index contributed by atoms with van der Waals surface area (Å²) in [7, 11) is 0. The van der Waals surface area contributed by atoms with Crippen molar-refractivity contribution in [2.75, 3.05) is 11.9 Å². The molecule has 7 heteroatoms. The zero-order chi connectivity index (χ0) is 20.6. The van der Waals surface area contributed by atoms with Crippen LogP contribution >= 0.6 is 0 Å². The molecular weight excluding hydrogens is 370 g/mol. The molecule has 1 aromatic rings. The predicted octanol–water partition coefficient (Wildman–Crippen LogP) is 3.06. The molecule has 29 heavy (non-hydrogen) atoms. The Balaban J connectivity index is 1.30. The van der Waals surface area contributed by atoms with Crippen LogP contribution in [0.15, 0.2) is 24.3 Å². The Morgan fingerprint density at radius 1 is 1.14 bits per heavy atom. The van der Waals surface area contributed by atoms with E-state index in [-0.39, 0.29) is 29.5 Å². The minimum absolute atomic E-state index is 0.0881. The molecule has 1 atom stereocenters. The molecule has 0 aliphatic heterocycles. The summed E-state index contributed by atoms with van der Waals surface area (Å²) in [4.78, 5) is 35.6. The van der Waals surface area contributed by atoms with Gasteiger partial charge in [0.25, 0.3) is 5.91 Å². The van der Waals surface area contributed by atoms with Crippen molar-refractivity contribution in [1.82, 2.24) is 5.32 Å². The van der Waals surface area contributed by atoms with Crippen LogP contribution in [0.1, 0.15) is 55.8 Å². The van der Waals surface area contributed by atoms with Gasteiger partial charge in [0.1, 0.15) is 0 Å². The zero-order valence-electron chi connectivity index (χ0n) is 16.8. The van der Waals surface area contributed by atoms with Gasteiger partial charge in [-0.2, -0.15) is 0 Å². The third kappa shape index (κ3) is 4.23. The molecule has 0 aromatic heterocycles. The Hall–Kier alpha value is -2.57. The van der Waals surface area contributed by atoms with Gasteiger partial charge < -0.3 is 21.1 Å². The lowest BCUT2D eigenvalue weighted by molar-refractivity contribution is -0.128. The Morgan fingerprint density at radius 2 is 1.76 bits per heavy atom. The SMILES string of the molecule is C[C@H](NC(=O)COC(=O)c1cccc(NC(N)=O)c1)C12CC3CC(CC(C3)C1)C2. The molecule has 5 rings (SSSR count). The lowest BCUT2D eigenvalue weighted by atomic mass is 9.48. The summed E-state index contributed by atoms with van der Waals surface area (Å²) in [5.74, 6) is 1.57. The maximum absolute atomic E-state index is 12.4. The highest BCUT2D eigenvalue weighted by Gasteiger charge is 2.53. The predicted molar refractivity (Wildman–Crippen MR) is 108 cm³/mol. The summed E-state index contributed by atoms with van der Waals surface area (Å²) in [6.45, 7) is 1.79. The number of hydrogen-bond donors (Lipinski definition) is 3. The van der Waals surface area contributed by atoms with Gasteiger partial charge in [-0.25, -0.2) is 9.59 Å². The first-order valence-electron chi connectivity index (χ1n) is 10.5. The molecule has 4 aliphatic rings.